The number of carbonyl (C=O) groups excluding carboxylic acids is 2. The number of carbonyl (C=O) groups is 2. The van der Waals surface area contributed by atoms with Crippen LogP contribution in [-0.4, -0.2) is 65.4 Å². The van der Waals surface area contributed by atoms with E-state index in [0.717, 1.165) is 44.5 Å². The number of fused-ring (bicyclic) bond motifs is 1. The number of benzene rings is 1. The van der Waals surface area contributed by atoms with Crippen LogP contribution < -0.4 is 14.8 Å². The second kappa shape index (κ2) is 9.79. The van der Waals surface area contributed by atoms with E-state index in [1.165, 1.54) is 5.56 Å². The second-order valence-electron chi connectivity index (χ2n) is 8.96. The van der Waals surface area contributed by atoms with Crippen molar-refractivity contribution in [1.82, 2.24) is 20.1 Å². The number of piperidine rings is 1. The summed E-state index contributed by atoms with van der Waals surface area (Å²) in [4.78, 5) is 32.5. The van der Waals surface area contributed by atoms with Gasteiger partial charge in [-0.05, 0) is 37.0 Å². The van der Waals surface area contributed by atoms with Crippen LogP contribution in [-0.2, 0) is 16.1 Å². The highest BCUT2D eigenvalue weighted by molar-refractivity contribution is 5.85. The van der Waals surface area contributed by atoms with Gasteiger partial charge in [0, 0.05) is 50.4 Å². The lowest BCUT2D eigenvalue weighted by Gasteiger charge is -2.34. The number of amides is 2. The maximum Gasteiger partial charge on any atom is 0.257 e. The molecular weight excluding hydrogens is 420 g/mol. The fraction of sp³-hybridized carbons (Fsp3) is 0.480. The summed E-state index contributed by atoms with van der Waals surface area (Å²) in [6.45, 7) is 4.00. The zero-order valence-corrected chi connectivity index (χ0v) is 18.7. The van der Waals surface area contributed by atoms with Gasteiger partial charge in [-0.25, -0.2) is 4.98 Å². The Hall–Kier alpha value is -3.13. The van der Waals surface area contributed by atoms with Crippen molar-refractivity contribution in [3.05, 3.63) is 53.7 Å². The number of likely N-dealkylation sites (tertiary alicyclic amines) is 2. The van der Waals surface area contributed by atoms with E-state index in [-0.39, 0.29) is 30.5 Å². The van der Waals surface area contributed by atoms with Gasteiger partial charge in [-0.3, -0.25) is 14.5 Å². The third-order valence-electron chi connectivity index (χ3n) is 6.63. The van der Waals surface area contributed by atoms with Crippen molar-refractivity contribution in [2.75, 3.05) is 32.8 Å². The molecule has 0 radical (unpaired) electrons. The molecule has 8 heteroatoms. The van der Waals surface area contributed by atoms with Crippen molar-refractivity contribution in [2.45, 2.75) is 44.4 Å². The van der Waals surface area contributed by atoms with Crippen molar-refractivity contribution < 1.29 is 19.1 Å². The smallest absolute Gasteiger partial charge is 0.257 e. The molecule has 3 aliphatic rings. The molecule has 8 nitrogen and oxygen atoms in total. The molecular formula is C25H30N4O4. The van der Waals surface area contributed by atoms with Crippen LogP contribution in [0.5, 0.6) is 11.6 Å². The zero-order valence-electron chi connectivity index (χ0n) is 18.7. The monoisotopic (exact) mass is 450 g/mol. The average Bonchev–Trinajstić information content (AvgIpc) is 3.24. The molecule has 1 atom stereocenters. The summed E-state index contributed by atoms with van der Waals surface area (Å²) in [5, 5.41) is 3.12. The van der Waals surface area contributed by atoms with Gasteiger partial charge in [0.1, 0.15) is 6.61 Å². The highest BCUT2D eigenvalue weighted by Crippen LogP contribution is 2.35. The lowest BCUT2D eigenvalue weighted by atomic mass is 9.99. The van der Waals surface area contributed by atoms with Crippen molar-refractivity contribution in [1.29, 1.82) is 0 Å². The van der Waals surface area contributed by atoms with Crippen LogP contribution in [0, 0.1) is 0 Å². The van der Waals surface area contributed by atoms with Crippen LogP contribution in [0.2, 0.25) is 0 Å². The van der Waals surface area contributed by atoms with E-state index in [4.69, 9.17) is 9.47 Å². The Morgan fingerprint density at radius 3 is 2.79 bits per heavy atom. The molecule has 0 saturated carbocycles. The summed E-state index contributed by atoms with van der Waals surface area (Å²) in [5.41, 5.74) is 2.35. The molecule has 0 bridgehead atoms. The molecule has 0 spiro atoms. The fourth-order valence-electron chi connectivity index (χ4n) is 4.85. The number of aromatic nitrogens is 1. The van der Waals surface area contributed by atoms with Gasteiger partial charge in [0.15, 0.2) is 11.9 Å². The Balaban J connectivity index is 1.14. The van der Waals surface area contributed by atoms with Gasteiger partial charge < -0.3 is 19.7 Å². The molecule has 1 aromatic heterocycles. The predicted molar refractivity (Wildman–Crippen MR) is 122 cm³/mol. The summed E-state index contributed by atoms with van der Waals surface area (Å²) in [5.74, 6) is 1.27. The van der Waals surface area contributed by atoms with E-state index in [1.807, 2.05) is 18.2 Å². The van der Waals surface area contributed by atoms with Crippen molar-refractivity contribution >= 4 is 11.8 Å². The molecule has 0 aliphatic carbocycles. The maximum absolute atomic E-state index is 12.3. The third kappa shape index (κ3) is 5.11. The van der Waals surface area contributed by atoms with Gasteiger partial charge in [-0.2, -0.15) is 0 Å². The summed E-state index contributed by atoms with van der Waals surface area (Å²) in [6, 6.07) is 12.2. The Morgan fingerprint density at radius 1 is 1.12 bits per heavy atom. The molecule has 4 heterocycles. The zero-order chi connectivity index (χ0) is 22.6. The Kier molecular flexibility index (Phi) is 6.44. The number of ether oxygens (including phenoxy) is 2. The van der Waals surface area contributed by atoms with E-state index >= 15 is 0 Å². The van der Waals surface area contributed by atoms with E-state index in [9.17, 15) is 9.59 Å². The molecule has 5 rings (SSSR count). The van der Waals surface area contributed by atoms with Crippen molar-refractivity contribution in [2.24, 2.45) is 0 Å². The Morgan fingerprint density at radius 2 is 1.97 bits per heavy atom. The van der Waals surface area contributed by atoms with Gasteiger partial charge in [0.05, 0.1) is 6.54 Å². The number of pyridine rings is 1. The molecule has 174 valence electrons. The minimum Gasteiger partial charge on any atom is -0.484 e. The van der Waals surface area contributed by atoms with Gasteiger partial charge >= 0.3 is 0 Å². The highest BCUT2D eigenvalue weighted by Gasteiger charge is 2.28. The van der Waals surface area contributed by atoms with Crippen LogP contribution in [0.3, 0.4) is 0 Å². The van der Waals surface area contributed by atoms with E-state index in [1.54, 1.807) is 11.1 Å². The summed E-state index contributed by atoms with van der Waals surface area (Å²) in [7, 11) is 0. The normalized spacial score (nSPS) is 21.3. The molecule has 2 fully saturated rings. The van der Waals surface area contributed by atoms with Crippen LogP contribution in [0.1, 0.15) is 42.9 Å². The maximum atomic E-state index is 12.3. The second-order valence-corrected chi connectivity index (χ2v) is 8.96. The first-order chi connectivity index (χ1) is 16.2. The van der Waals surface area contributed by atoms with Crippen LogP contribution in [0.4, 0.5) is 0 Å². The summed E-state index contributed by atoms with van der Waals surface area (Å²) in [6.07, 6.45) is 4.75. The van der Waals surface area contributed by atoms with Crippen LogP contribution >= 0.6 is 0 Å². The lowest BCUT2D eigenvalue weighted by Crippen LogP contribution is -2.47. The number of rotatable bonds is 6. The number of hydrogen-bond donors (Lipinski definition) is 1. The minimum absolute atomic E-state index is 0.0441. The van der Waals surface area contributed by atoms with E-state index < -0.39 is 0 Å². The largest absolute Gasteiger partial charge is 0.484 e. The quantitative estimate of drug-likeness (QED) is 0.727. The number of nitrogens with one attached hydrogen (secondary N) is 1. The van der Waals surface area contributed by atoms with E-state index in [2.05, 4.69) is 33.4 Å². The third-order valence-corrected chi connectivity index (χ3v) is 6.63. The summed E-state index contributed by atoms with van der Waals surface area (Å²) < 4.78 is 12.0. The van der Waals surface area contributed by atoms with Gasteiger partial charge in [-0.1, -0.05) is 24.3 Å². The molecule has 1 aromatic carbocycles. The lowest BCUT2D eigenvalue weighted by molar-refractivity contribution is -0.133. The highest BCUT2D eigenvalue weighted by atomic mass is 16.6. The van der Waals surface area contributed by atoms with Gasteiger partial charge in [0.25, 0.3) is 5.88 Å². The topological polar surface area (TPSA) is 84.0 Å². The first kappa shape index (κ1) is 21.7. The van der Waals surface area contributed by atoms with Gasteiger partial charge in [-0.15, -0.1) is 0 Å². The number of nitrogens with zero attached hydrogens (tertiary/aromatic N) is 3. The molecule has 33 heavy (non-hydrogen) atoms. The van der Waals surface area contributed by atoms with Crippen molar-refractivity contribution in [3.8, 4) is 11.6 Å². The fourth-order valence-corrected chi connectivity index (χ4v) is 4.85. The molecule has 2 aromatic rings. The molecule has 2 amide bonds. The molecule has 0 unspecified atom stereocenters. The Labute approximate surface area is 193 Å². The summed E-state index contributed by atoms with van der Waals surface area (Å²) >= 11 is 0. The minimum atomic E-state index is -0.186. The van der Waals surface area contributed by atoms with Crippen LogP contribution in [0.25, 0.3) is 0 Å². The van der Waals surface area contributed by atoms with E-state index in [0.29, 0.717) is 31.2 Å². The molecule has 2 saturated heterocycles. The SMILES string of the molecule is O=C(CN1CCCC1=O)NC1CCN(Cc2ccccc2[C@H]2COc3cccnc3O2)CC1. The predicted octanol–water partition coefficient (Wildman–Crippen LogP) is 2.30. The average molecular weight is 451 g/mol. The molecule has 1 N–H and O–H groups in total. The number of hydrogen-bond acceptors (Lipinski definition) is 6. The molecule has 3 aliphatic heterocycles. The standard InChI is InChI=1S/C25H30N4O4/c30-23(16-29-12-4-8-24(29)31)27-19-9-13-28(14-10-19)15-18-5-1-2-6-20(18)22-17-32-21-7-3-11-26-25(21)33-22/h1-3,5-7,11,19,22H,4,8-10,12-17H2,(H,27,30)/t22-/m1/s1. The van der Waals surface area contributed by atoms with Gasteiger partial charge in [0.2, 0.25) is 11.8 Å². The Bertz CT molecular complexity index is 1010. The van der Waals surface area contributed by atoms with Crippen LogP contribution in [0.15, 0.2) is 42.6 Å². The van der Waals surface area contributed by atoms with Crippen molar-refractivity contribution in [3.63, 3.8) is 0 Å². The first-order valence-electron chi connectivity index (χ1n) is 11.8. The first-order valence-corrected chi connectivity index (χ1v) is 11.8.